The Bertz CT molecular complexity index is 492. The van der Waals surface area contributed by atoms with E-state index >= 15 is 0 Å². The van der Waals surface area contributed by atoms with Crippen LogP contribution >= 0.6 is 15.9 Å². The topological polar surface area (TPSA) is 39.2 Å². The molecule has 1 heterocycles. The molecule has 17 heavy (non-hydrogen) atoms. The highest BCUT2D eigenvalue weighted by Crippen LogP contribution is 2.23. The van der Waals surface area contributed by atoms with Crippen molar-refractivity contribution in [2.45, 2.75) is 25.8 Å². The first-order valence-corrected chi connectivity index (χ1v) is 6.57. The van der Waals surface area contributed by atoms with Gasteiger partial charge in [0.25, 0.3) is 0 Å². The van der Waals surface area contributed by atoms with Crippen LogP contribution < -0.4 is 5.73 Å². The second-order valence-electron chi connectivity index (χ2n) is 4.06. The SMILES string of the molecule is CCc1ccc(C(N)Cc2ccccc2Br)o1. The standard InChI is InChI=1S/C14H16BrNO/c1-2-11-7-8-14(17-11)13(16)9-10-5-3-4-6-12(10)15/h3-8,13H,2,9,16H2,1H3. The average Bonchev–Trinajstić information content (AvgIpc) is 2.81. The van der Waals surface area contributed by atoms with E-state index in [1.165, 1.54) is 5.56 Å². The molecule has 0 saturated heterocycles. The van der Waals surface area contributed by atoms with E-state index in [-0.39, 0.29) is 6.04 Å². The van der Waals surface area contributed by atoms with E-state index in [2.05, 4.69) is 28.9 Å². The van der Waals surface area contributed by atoms with Gasteiger partial charge in [0, 0.05) is 10.9 Å². The van der Waals surface area contributed by atoms with Crippen LogP contribution in [-0.2, 0) is 12.8 Å². The van der Waals surface area contributed by atoms with E-state index < -0.39 is 0 Å². The number of benzene rings is 1. The van der Waals surface area contributed by atoms with Crippen LogP contribution in [0, 0.1) is 0 Å². The molecule has 3 heteroatoms. The molecule has 0 bridgehead atoms. The van der Waals surface area contributed by atoms with Gasteiger partial charge < -0.3 is 10.2 Å². The molecule has 0 fully saturated rings. The van der Waals surface area contributed by atoms with Crippen LogP contribution in [0.1, 0.15) is 30.0 Å². The first-order valence-electron chi connectivity index (χ1n) is 5.78. The molecule has 2 aromatic rings. The number of aryl methyl sites for hydroxylation is 1. The highest BCUT2D eigenvalue weighted by atomic mass is 79.9. The van der Waals surface area contributed by atoms with Gasteiger partial charge in [-0.15, -0.1) is 0 Å². The quantitative estimate of drug-likeness (QED) is 0.930. The summed E-state index contributed by atoms with van der Waals surface area (Å²) in [7, 11) is 0. The first kappa shape index (κ1) is 12.4. The Balaban J connectivity index is 2.11. The zero-order valence-corrected chi connectivity index (χ0v) is 11.4. The summed E-state index contributed by atoms with van der Waals surface area (Å²) in [5, 5.41) is 0. The summed E-state index contributed by atoms with van der Waals surface area (Å²) in [5.41, 5.74) is 7.35. The Kier molecular flexibility index (Phi) is 4.02. The summed E-state index contributed by atoms with van der Waals surface area (Å²) in [6.07, 6.45) is 1.68. The smallest absolute Gasteiger partial charge is 0.121 e. The molecule has 0 saturated carbocycles. The molecule has 1 aromatic heterocycles. The third-order valence-corrected chi connectivity index (χ3v) is 3.57. The third-order valence-electron chi connectivity index (χ3n) is 2.79. The summed E-state index contributed by atoms with van der Waals surface area (Å²) in [4.78, 5) is 0. The Hall–Kier alpha value is -1.06. The molecule has 0 aliphatic rings. The molecule has 2 N–H and O–H groups in total. The average molecular weight is 294 g/mol. The minimum Gasteiger partial charge on any atom is -0.464 e. The summed E-state index contributed by atoms with van der Waals surface area (Å²) < 4.78 is 6.76. The molecule has 1 aromatic carbocycles. The van der Waals surface area contributed by atoms with Crippen LogP contribution in [0.5, 0.6) is 0 Å². The van der Waals surface area contributed by atoms with E-state index in [1.807, 2.05) is 30.3 Å². The summed E-state index contributed by atoms with van der Waals surface area (Å²) >= 11 is 3.53. The highest BCUT2D eigenvalue weighted by Gasteiger charge is 2.12. The second kappa shape index (κ2) is 5.52. The third kappa shape index (κ3) is 2.99. The second-order valence-corrected chi connectivity index (χ2v) is 4.91. The van der Waals surface area contributed by atoms with Crippen molar-refractivity contribution in [2.75, 3.05) is 0 Å². The maximum atomic E-state index is 6.15. The van der Waals surface area contributed by atoms with Gasteiger partial charge in [-0.25, -0.2) is 0 Å². The number of hydrogen-bond donors (Lipinski definition) is 1. The van der Waals surface area contributed by atoms with Gasteiger partial charge >= 0.3 is 0 Å². The Labute approximate surface area is 110 Å². The van der Waals surface area contributed by atoms with Crippen molar-refractivity contribution in [1.82, 2.24) is 0 Å². The van der Waals surface area contributed by atoms with Crippen molar-refractivity contribution >= 4 is 15.9 Å². The predicted molar refractivity (Wildman–Crippen MR) is 72.9 cm³/mol. The van der Waals surface area contributed by atoms with Crippen molar-refractivity contribution in [2.24, 2.45) is 5.73 Å². The van der Waals surface area contributed by atoms with Crippen LogP contribution in [0.4, 0.5) is 0 Å². The Morgan fingerprint density at radius 2 is 2.00 bits per heavy atom. The van der Waals surface area contributed by atoms with Crippen molar-refractivity contribution in [3.8, 4) is 0 Å². The lowest BCUT2D eigenvalue weighted by Gasteiger charge is -2.10. The molecule has 2 rings (SSSR count). The minimum atomic E-state index is -0.0889. The molecule has 2 nitrogen and oxygen atoms in total. The fourth-order valence-electron chi connectivity index (χ4n) is 1.79. The highest BCUT2D eigenvalue weighted by molar-refractivity contribution is 9.10. The van der Waals surface area contributed by atoms with Crippen LogP contribution in [0.25, 0.3) is 0 Å². The summed E-state index contributed by atoms with van der Waals surface area (Å²) in [6.45, 7) is 2.07. The monoisotopic (exact) mass is 293 g/mol. The molecular formula is C14H16BrNO. The number of hydrogen-bond acceptors (Lipinski definition) is 2. The first-order chi connectivity index (χ1) is 8.20. The Morgan fingerprint density at radius 3 is 2.65 bits per heavy atom. The number of nitrogens with two attached hydrogens (primary N) is 1. The van der Waals surface area contributed by atoms with E-state index in [9.17, 15) is 0 Å². The van der Waals surface area contributed by atoms with Crippen LogP contribution in [-0.4, -0.2) is 0 Å². The molecule has 1 unspecified atom stereocenters. The molecule has 0 amide bonds. The molecule has 0 aliphatic heterocycles. The van der Waals surface area contributed by atoms with Gasteiger partial charge in [-0.1, -0.05) is 41.1 Å². The van der Waals surface area contributed by atoms with Gasteiger partial charge in [-0.2, -0.15) is 0 Å². The molecule has 0 spiro atoms. The van der Waals surface area contributed by atoms with Gasteiger partial charge in [0.05, 0.1) is 6.04 Å². The molecule has 0 aliphatic carbocycles. The van der Waals surface area contributed by atoms with E-state index in [0.717, 1.165) is 28.8 Å². The van der Waals surface area contributed by atoms with Crippen molar-refractivity contribution in [3.63, 3.8) is 0 Å². The van der Waals surface area contributed by atoms with Crippen molar-refractivity contribution < 1.29 is 4.42 Å². The van der Waals surface area contributed by atoms with Gasteiger partial charge in [0.2, 0.25) is 0 Å². The normalized spacial score (nSPS) is 12.6. The van der Waals surface area contributed by atoms with Crippen molar-refractivity contribution in [1.29, 1.82) is 0 Å². The lowest BCUT2D eigenvalue weighted by molar-refractivity contribution is 0.434. The predicted octanol–water partition coefficient (Wildman–Crippen LogP) is 3.85. The summed E-state index contributed by atoms with van der Waals surface area (Å²) in [6, 6.07) is 12.0. The molecule has 90 valence electrons. The maximum Gasteiger partial charge on any atom is 0.121 e. The zero-order chi connectivity index (χ0) is 12.3. The van der Waals surface area contributed by atoms with E-state index in [0.29, 0.717) is 0 Å². The number of furan rings is 1. The fraction of sp³-hybridized carbons (Fsp3) is 0.286. The van der Waals surface area contributed by atoms with E-state index in [4.69, 9.17) is 10.2 Å². The largest absolute Gasteiger partial charge is 0.464 e. The van der Waals surface area contributed by atoms with Crippen LogP contribution in [0.15, 0.2) is 45.3 Å². The molecule has 0 radical (unpaired) electrons. The van der Waals surface area contributed by atoms with Crippen LogP contribution in [0.3, 0.4) is 0 Å². The maximum absolute atomic E-state index is 6.15. The van der Waals surface area contributed by atoms with E-state index in [1.54, 1.807) is 0 Å². The molecule has 1 atom stereocenters. The van der Waals surface area contributed by atoms with Gasteiger partial charge in [-0.3, -0.25) is 0 Å². The number of halogens is 1. The van der Waals surface area contributed by atoms with Crippen LogP contribution in [0.2, 0.25) is 0 Å². The molecular weight excluding hydrogens is 278 g/mol. The van der Waals surface area contributed by atoms with Crippen molar-refractivity contribution in [3.05, 3.63) is 58.0 Å². The fourth-order valence-corrected chi connectivity index (χ4v) is 2.23. The lowest BCUT2D eigenvalue weighted by Crippen LogP contribution is -2.12. The Morgan fingerprint density at radius 1 is 1.24 bits per heavy atom. The van der Waals surface area contributed by atoms with Gasteiger partial charge in [0.15, 0.2) is 0 Å². The zero-order valence-electron chi connectivity index (χ0n) is 9.82. The summed E-state index contributed by atoms with van der Waals surface area (Å²) in [5.74, 6) is 1.85. The van der Waals surface area contributed by atoms with Gasteiger partial charge in [0.1, 0.15) is 11.5 Å². The van der Waals surface area contributed by atoms with Gasteiger partial charge in [-0.05, 0) is 30.2 Å². The number of rotatable bonds is 4. The minimum absolute atomic E-state index is 0.0889. The lowest BCUT2D eigenvalue weighted by atomic mass is 10.1.